The van der Waals surface area contributed by atoms with Crippen LogP contribution in [0.1, 0.15) is 35.2 Å². The lowest BCUT2D eigenvalue weighted by Crippen LogP contribution is -2.18. The van der Waals surface area contributed by atoms with Crippen molar-refractivity contribution in [1.82, 2.24) is 5.32 Å². The SMILES string of the molecule is Cc1ccc(C(C)NCc2ccc(C)c(Cl)c2)cc1. The van der Waals surface area contributed by atoms with Crippen molar-refractivity contribution in [3.8, 4) is 0 Å². The van der Waals surface area contributed by atoms with E-state index in [9.17, 15) is 0 Å². The number of hydrogen-bond acceptors (Lipinski definition) is 1. The van der Waals surface area contributed by atoms with Gasteiger partial charge in [0.05, 0.1) is 0 Å². The van der Waals surface area contributed by atoms with Crippen molar-refractivity contribution in [2.45, 2.75) is 33.4 Å². The highest BCUT2D eigenvalue weighted by Gasteiger charge is 2.05. The molecule has 2 aromatic carbocycles. The second-order valence-electron chi connectivity index (χ2n) is 5.10. The van der Waals surface area contributed by atoms with Crippen molar-refractivity contribution < 1.29 is 0 Å². The van der Waals surface area contributed by atoms with Gasteiger partial charge in [0.1, 0.15) is 0 Å². The molecule has 2 aromatic rings. The van der Waals surface area contributed by atoms with Gasteiger partial charge in [0.2, 0.25) is 0 Å². The van der Waals surface area contributed by atoms with Gasteiger partial charge in [-0.3, -0.25) is 0 Å². The second-order valence-corrected chi connectivity index (χ2v) is 5.50. The molecule has 0 bridgehead atoms. The van der Waals surface area contributed by atoms with Crippen molar-refractivity contribution >= 4 is 11.6 Å². The van der Waals surface area contributed by atoms with Gasteiger partial charge in [0.25, 0.3) is 0 Å². The van der Waals surface area contributed by atoms with E-state index in [4.69, 9.17) is 11.6 Å². The van der Waals surface area contributed by atoms with Crippen molar-refractivity contribution in [3.05, 3.63) is 69.7 Å². The molecule has 1 unspecified atom stereocenters. The summed E-state index contributed by atoms with van der Waals surface area (Å²) in [7, 11) is 0. The summed E-state index contributed by atoms with van der Waals surface area (Å²) < 4.78 is 0. The molecule has 0 fully saturated rings. The van der Waals surface area contributed by atoms with E-state index in [-0.39, 0.29) is 0 Å². The van der Waals surface area contributed by atoms with Crippen LogP contribution in [0.4, 0.5) is 0 Å². The lowest BCUT2D eigenvalue weighted by Gasteiger charge is -2.15. The number of nitrogens with one attached hydrogen (secondary N) is 1. The summed E-state index contributed by atoms with van der Waals surface area (Å²) in [6, 6.07) is 15.2. The van der Waals surface area contributed by atoms with E-state index in [0.29, 0.717) is 6.04 Å². The Hall–Kier alpha value is -1.31. The summed E-state index contributed by atoms with van der Waals surface area (Å²) in [6.07, 6.45) is 0. The Labute approximate surface area is 120 Å². The molecule has 0 aromatic heterocycles. The van der Waals surface area contributed by atoms with E-state index in [0.717, 1.165) is 17.1 Å². The third-order valence-corrected chi connectivity index (χ3v) is 3.83. The molecule has 0 aliphatic rings. The van der Waals surface area contributed by atoms with E-state index < -0.39 is 0 Å². The molecule has 0 aliphatic carbocycles. The van der Waals surface area contributed by atoms with Crippen LogP contribution in [0.2, 0.25) is 5.02 Å². The zero-order valence-electron chi connectivity index (χ0n) is 11.7. The Morgan fingerprint density at radius 1 is 1.05 bits per heavy atom. The van der Waals surface area contributed by atoms with Crippen molar-refractivity contribution in [3.63, 3.8) is 0 Å². The maximum atomic E-state index is 6.14. The monoisotopic (exact) mass is 273 g/mol. The fraction of sp³-hybridized carbons (Fsp3) is 0.294. The van der Waals surface area contributed by atoms with Gasteiger partial charge >= 0.3 is 0 Å². The minimum Gasteiger partial charge on any atom is -0.306 e. The average molecular weight is 274 g/mol. The van der Waals surface area contributed by atoms with E-state index in [1.54, 1.807) is 0 Å². The van der Waals surface area contributed by atoms with E-state index in [1.807, 2.05) is 13.0 Å². The van der Waals surface area contributed by atoms with Crippen LogP contribution < -0.4 is 5.32 Å². The van der Waals surface area contributed by atoms with Crippen LogP contribution in [0.25, 0.3) is 0 Å². The third kappa shape index (κ3) is 3.82. The van der Waals surface area contributed by atoms with Gasteiger partial charge in [-0.2, -0.15) is 0 Å². The molecule has 2 rings (SSSR count). The second kappa shape index (κ2) is 6.23. The fourth-order valence-electron chi connectivity index (χ4n) is 1.99. The molecular weight excluding hydrogens is 254 g/mol. The fourth-order valence-corrected chi connectivity index (χ4v) is 2.19. The number of benzene rings is 2. The molecule has 0 heterocycles. The first kappa shape index (κ1) is 14.1. The molecule has 2 heteroatoms. The molecular formula is C17H20ClN. The van der Waals surface area contributed by atoms with Gasteiger partial charge in [-0.15, -0.1) is 0 Å². The summed E-state index contributed by atoms with van der Waals surface area (Å²) in [4.78, 5) is 0. The molecule has 0 saturated carbocycles. The first-order valence-corrected chi connectivity index (χ1v) is 6.99. The van der Waals surface area contributed by atoms with Crippen LogP contribution >= 0.6 is 11.6 Å². The van der Waals surface area contributed by atoms with Gasteiger partial charge in [0, 0.05) is 17.6 Å². The molecule has 19 heavy (non-hydrogen) atoms. The first-order chi connectivity index (χ1) is 9.06. The Bertz CT molecular complexity index is 546. The molecule has 100 valence electrons. The standard InChI is InChI=1S/C17H20ClN/c1-12-4-8-16(9-5-12)14(3)19-11-15-7-6-13(2)17(18)10-15/h4-10,14,19H,11H2,1-3H3. The quantitative estimate of drug-likeness (QED) is 0.843. The van der Waals surface area contributed by atoms with Gasteiger partial charge in [-0.1, -0.05) is 53.6 Å². The maximum absolute atomic E-state index is 6.14. The lowest BCUT2D eigenvalue weighted by molar-refractivity contribution is 0.574. The Morgan fingerprint density at radius 2 is 1.74 bits per heavy atom. The predicted octanol–water partition coefficient (Wildman–Crippen LogP) is 4.81. The van der Waals surface area contributed by atoms with Crippen LogP contribution in [0.15, 0.2) is 42.5 Å². The van der Waals surface area contributed by atoms with E-state index in [2.05, 4.69) is 55.6 Å². The zero-order valence-corrected chi connectivity index (χ0v) is 12.5. The average Bonchev–Trinajstić information content (AvgIpc) is 2.40. The summed E-state index contributed by atoms with van der Waals surface area (Å²) >= 11 is 6.14. The van der Waals surface area contributed by atoms with Crippen LogP contribution in [0, 0.1) is 13.8 Å². The highest BCUT2D eigenvalue weighted by atomic mass is 35.5. The zero-order chi connectivity index (χ0) is 13.8. The molecule has 0 radical (unpaired) electrons. The van der Waals surface area contributed by atoms with Gasteiger partial charge < -0.3 is 5.32 Å². The Kier molecular flexibility index (Phi) is 4.62. The molecule has 1 nitrogen and oxygen atoms in total. The highest BCUT2D eigenvalue weighted by molar-refractivity contribution is 6.31. The Balaban J connectivity index is 1.98. The number of hydrogen-bond donors (Lipinski definition) is 1. The van der Waals surface area contributed by atoms with Crippen LogP contribution in [0.5, 0.6) is 0 Å². The normalized spacial score (nSPS) is 12.4. The van der Waals surface area contributed by atoms with Crippen LogP contribution in [0.3, 0.4) is 0 Å². The molecule has 0 amide bonds. The molecule has 1 N–H and O–H groups in total. The third-order valence-electron chi connectivity index (χ3n) is 3.43. The highest BCUT2D eigenvalue weighted by Crippen LogP contribution is 2.18. The van der Waals surface area contributed by atoms with Crippen molar-refractivity contribution in [2.75, 3.05) is 0 Å². The number of aryl methyl sites for hydroxylation is 2. The smallest absolute Gasteiger partial charge is 0.0438 e. The molecule has 0 spiro atoms. The number of halogens is 1. The van der Waals surface area contributed by atoms with Crippen molar-refractivity contribution in [1.29, 1.82) is 0 Å². The van der Waals surface area contributed by atoms with Crippen LogP contribution in [-0.4, -0.2) is 0 Å². The maximum Gasteiger partial charge on any atom is 0.0438 e. The molecule has 0 aliphatic heterocycles. The largest absolute Gasteiger partial charge is 0.306 e. The first-order valence-electron chi connectivity index (χ1n) is 6.61. The van der Waals surface area contributed by atoms with Gasteiger partial charge in [-0.25, -0.2) is 0 Å². The van der Waals surface area contributed by atoms with Gasteiger partial charge in [0.15, 0.2) is 0 Å². The summed E-state index contributed by atoms with van der Waals surface area (Å²) in [5.74, 6) is 0. The Morgan fingerprint density at radius 3 is 2.37 bits per heavy atom. The predicted molar refractivity (Wildman–Crippen MR) is 82.6 cm³/mol. The van der Waals surface area contributed by atoms with E-state index >= 15 is 0 Å². The summed E-state index contributed by atoms with van der Waals surface area (Å²) in [6.45, 7) is 7.14. The summed E-state index contributed by atoms with van der Waals surface area (Å²) in [5.41, 5.74) is 4.94. The topological polar surface area (TPSA) is 12.0 Å². The minimum absolute atomic E-state index is 0.334. The van der Waals surface area contributed by atoms with Crippen LogP contribution in [-0.2, 0) is 6.54 Å². The lowest BCUT2D eigenvalue weighted by atomic mass is 10.1. The number of rotatable bonds is 4. The molecule has 0 saturated heterocycles. The minimum atomic E-state index is 0.334. The van der Waals surface area contributed by atoms with E-state index in [1.165, 1.54) is 16.7 Å². The van der Waals surface area contributed by atoms with Crippen molar-refractivity contribution in [2.24, 2.45) is 0 Å². The molecule has 1 atom stereocenters. The summed E-state index contributed by atoms with van der Waals surface area (Å²) in [5, 5.41) is 4.36. The van der Waals surface area contributed by atoms with Gasteiger partial charge in [-0.05, 0) is 43.5 Å².